The Bertz CT molecular complexity index is 3690. The van der Waals surface area contributed by atoms with Crippen molar-refractivity contribution in [3.63, 3.8) is 0 Å². The molecule has 10 aromatic rings. The van der Waals surface area contributed by atoms with Crippen LogP contribution in [0.4, 0.5) is 34.1 Å². The summed E-state index contributed by atoms with van der Waals surface area (Å²) in [6.45, 7) is 20.9. The van der Waals surface area contributed by atoms with Crippen LogP contribution in [0.5, 0.6) is 0 Å². The maximum atomic E-state index is 7.35. The topological polar surface area (TPSA) is 6.48 Å². The molecule has 76 heavy (non-hydrogen) atoms. The standard InChI is InChI=1S/C72H64BClN2/c1-70(2,3)53-40-57(48-27-17-11-18-28-48)68(58(41-53)49-29-19-12-20-30-49)75-63-39-52(47-25-15-10-16-26-47)35-37-61(63)73-62-38-36-56(74)46-64(62)76(66-45-55(72(7,8)9)44-65(75)67(66)73)69-59(50-31-21-13-22-32-50)42-54(71(4,5)6)43-60(69)51-33-23-14-24-34-51/h10-46H,1-9H3. The predicted molar refractivity (Wildman–Crippen MR) is 329 cm³/mol. The van der Waals surface area contributed by atoms with E-state index in [1.807, 2.05) is 0 Å². The number of hydrogen-bond donors (Lipinski definition) is 0. The molecule has 0 fully saturated rings. The Labute approximate surface area is 456 Å². The molecular weight excluding hydrogens is 939 g/mol. The fourth-order valence-electron chi connectivity index (χ4n) is 11.7. The molecule has 0 saturated heterocycles. The van der Waals surface area contributed by atoms with Crippen LogP contribution in [0, 0.1) is 0 Å². The molecule has 0 bridgehead atoms. The molecule has 0 radical (unpaired) electrons. The Balaban J connectivity index is 1.29. The van der Waals surface area contributed by atoms with E-state index in [0.29, 0.717) is 5.02 Å². The molecule has 10 aromatic carbocycles. The molecule has 2 aliphatic heterocycles. The molecule has 0 N–H and O–H groups in total. The molecule has 0 aromatic heterocycles. The van der Waals surface area contributed by atoms with Gasteiger partial charge < -0.3 is 9.80 Å². The van der Waals surface area contributed by atoms with Crippen molar-refractivity contribution in [2.75, 3.05) is 9.80 Å². The molecule has 0 spiro atoms. The maximum Gasteiger partial charge on any atom is 0.252 e. The molecule has 0 amide bonds. The van der Waals surface area contributed by atoms with Crippen molar-refractivity contribution in [1.29, 1.82) is 0 Å². The number of hydrogen-bond acceptors (Lipinski definition) is 2. The first-order valence-electron chi connectivity index (χ1n) is 26.9. The Hall–Kier alpha value is -7.85. The van der Waals surface area contributed by atoms with Gasteiger partial charge in [-0.2, -0.15) is 0 Å². The van der Waals surface area contributed by atoms with Gasteiger partial charge in [-0.05, 0) is 137 Å². The lowest BCUT2D eigenvalue weighted by Crippen LogP contribution is -2.61. The zero-order chi connectivity index (χ0) is 52.7. The van der Waals surface area contributed by atoms with Crippen LogP contribution in [-0.4, -0.2) is 6.71 Å². The summed E-state index contributed by atoms with van der Waals surface area (Å²) < 4.78 is 0. The fraction of sp³-hybridized carbons (Fsp3) is 0.167. The minimum absolute atomic E-state index is 0.136. The van der Waals surface area contributed by atoms with E-state index in [1.165, 1.54) is 83.3 Å². The molecule has 0 saturated carbocycles. The molecular formula is C72H64BClN2. The van der Waals surface area contributed by atoms with Crippen molar-refractivity contribution in [1.82, 2.24) is 0 Å². The smallest absolute Gasteiger partial charge is 0.252 e. The minimum atomic E-state index is -0.250. The third-order valence-corrected chi connectivity index (χ3v) is 16.0. The number of benzene rings is 10. The summed E-state index contributed by atoms with van der Waals surface area (Å²) in [4.78, 5) is 5.27. The Morgan fingerprint density at radius 1 is 0.303 bits per heavy atom. The second kappa shape index (κ2) is 18.8. The normalized spacial score (nSPS) is 13.1. The molecule has 0 atom stereocenters. The highest BCUT2D eigenvalue weighted by Gasteiger charge is 2.46. The quantitative estimate of drug-likeness (QED) is 0.147. The van der Waals surface area contributed by atoms with E-state index in [2.05, 4.69) is 297 Å². The summed E-state index contributed by atoms with van der Waals surface area (Å²) in [5, 5.41) is 0.698. The fourth-order valence-corrected chi connectivity index (χ4v) is 11.8. The molecule has 12 rings (SSSR count). The van der Waals surface area contributed by atoms with Gasteiger partial charge in [0.05, 0.1) is 11.4 Å². The zero-order valence-corrected chi connectivity index (χ0v) is 46.0. The van der Waals surface area contributed by atoms with Gasteiger partial charge in [0.15, 0.2) is 0 Å². The van der Waals surface area contributed by atoms with E-state index < -0.39 is 0 Å². The van der Waals surface area contributed by atoms with E-state index in [4.69, 9.17) is 11.6 Å². The van der Waals surface area contributed by atoms with Crippen molar-refractivity contribution in [3.8, 4) is 55.6 Å². The van der Waals surface area contributed by atoms with Crippen molar-refractivity contribution in [2.45, 2.75) is 78.6 Å². The number of fused-ring (bicyclic) bond motifs is 4. The van der Waals surface area contributed by atoms with Crippen LogP contribution in [0.3, 0.4) is 0 Å². The van der Waals surface area contributed by atoms with Gasteiger partial charge in [0.2, 0.25) is 0 Å². The molecule has 2 aliphatic rings. The highest BCUT2D eigenvalue weighted by atomic mass is 35.5. The van der Waals surface area contributed by atoms with Crippen molar-refractivity contribution < 1.29 is 0 Å². The summed E-state index contributed by atoms with van der Waals surface area (Å²) in [5.74, 6) is 0. The van der Waals surface area contributed by atoms with E-state index in [9.17, 15) is 0 Å². The van der Waals surface area contributed by atoms with Crippen molar-refractivity contribution >= 4 is 68.8 Å². The second-order valence-electron chi connectivity index (χ2n) is 23.9. The third kappa shape index (κ3) is 8.65. The summed E-state index contributed by atoms with van der Waals surface area (Å²) in [6.07, 6.45) is 0. The first-order chi connectivity index (χ1) is 36.5. The van der Waals surface area contributed by atoms with Gasteiger partial charge in [-0.3, -0.25) is 0 Å². The Morgan fingerprint density at radius 3 is 0.974 bits per heavy atom. The number of nitrogens with zero attached hydrogens (tertiary/aromatic N) is 2. The Kier molecular flexibility index (Phi) is 12.1. The lowest BCUT2D eigenvalue weighted by atomic mass is 9.33. The summed E-state index contributed by atoms with van der Waals surface area (Å²) in [6, 6.07) is 83.7. The lowest BCUT2D eigenvalue weighted by molar-refractivity contribution is 0.590. The number of anilines is 6. The van der Waals surface area contributed by atoms with Crippen LogP contribution in [0.25, 0.3) is 55.6 Å². The predicted octanol–water partition coefficient (Wildman–Crippen LogP) is 18.7. The van der Waals surface area contributed by atoms with Crippen LogP contribution in [0.1, 0.15) is 79.0 Å². The van der Waals surface area contributed by atoms with Crippen molar-refractivity contribution in [2.24, 2.45) is 0 Å². The van der Waals surface area contributed by atoms with Gasteiger partial charge in [0.1, 0.15) is 0 Å². The second-order valence-corrected chi connectivity index (χ2v) is 24.4. The summed E-state index contributed by atoms with van der Waals surface area (Å²) in [5.41, 5.74) is 25.6. The number of rotatable bonds is 7. The average Bonchev–Trinajstić information content (AvgIpc) is 3.63. The molecule has 4 heteroatoms. The van der Waals surface area contributed by atoms with Gasteiger partial charge in [-0.25, -0.2) is 0 Å². The molecule has 0 unspecified atom stereocenters. The van der Waals surface area contributed by atoms with Gasteiger partial charge in [-0.1, -0.05) is 244 Å². The lowest BCUT2D eigenvalue weighted by Gasteiger charge is -2.46. The van der Waals surface area contributed by atoms with E-state index in [0.717, 1.165) is 39.6 Å². The molecule has 2 heterocycles. The van der Waals surface area contributed by atoms with Crippen LogP contribution in [0.2, 0.25) is 5.02 Å². The monoisotopic (exact) mass is 1000 g/mol. The van der Waals surface area contributed by atoms with E-state index in [-0.39, 0.29) is 23.0 Å². The summed E-state index contributed by atoms with van der Waals surface area (Å²) >= 11 is 7.35. The average molecular weight is 1000 g/mol. The Morgan fingerprint density at radius 2 is 0.618 bits per heavy atom. The first kappa shape index (κ1) is 49.1. The van der Waals surface area contributed by atoms with E-state index >= 15 is 0 Å². The highest BCUT2D eigenvalue weighted by Crippen LogP contribution is 2.55. The van der Waals surface area contributed by atoms with Gasteiger partial charge in [0, 0.05) is 50.0 Å². The van der Waals surface area contributed by atoms with Crippen molar-refractivity contribution in [3.05, 3.63) is 246 Å². The molecule has 372 valence electrons. The third-order valence-electron chi connectivity index (χ3n) is 15.7. The van der Waals surface area contributed by atoms with Crippen LogP contribution in [0.15, 0.2) is 224 Å². The SMILES string of the molecule is CC(C)(C)c1cc(-c2ccccc2)c(N2c3cc(Cl)ccc3B3c4ccc(-c5ccccc5)cc4N(c4c(-c5ccccc5)cc(C(C)(C)C)cc4-c4ccccc4)c4cc(C(C)(C)C)cc2c43)c(-c2ccccc2)c1. The summed E-state index contributed by atoms with van der Waals surface area (Å²) in [7, 11) is 0. The molecule has 2 nitrogen and oxygen atoms in total. The zero-order valence-electron chi connectivity index (χ0n) is 45.2. The van der Waals surface area contributed by atoms with Crippen LogP contribution < -0.4 is 26.2 Å². The maximum absolute atomic E-state index is 7.35. The first-order valence-corrected chi connectivity index (χ1v) is 27.3. The van der Waals surface area contributed by atoms with E-state index in [1.54, 1.807) is 0 Å². The van der Waals surface area contributed by atoms with Gasteiger partial charge in [0.25, 0.3) is 6.71 Å². The van der Waals surface area contributed by atoms with Crippen LogP contribution in [-0.2, 0) is 16.2 Å². The highest BCUT2D eigenvalue weighted by molar-refractivity contribution is 7.00. The van der Waals surface area contributed by atoms with Gasteiger partial charge in [-0.15, -0.1) is 0 Å². The number of halogens is 1. The molecule has 0 aliphatic carbocycles. The van der Waals surface area contributed by atoms with Crippen LogP contribution >= 0.6 is 11.6 Å². The largest absolute Gasteiger partial charge is 0.310 e. The minimum Gasteiger partial charge on any atom is -0.310 e. The van der Waals surface area contributed by atoms with Gasteiger partial charge >= 0.3 is 0 Å².